The molecule has 1 heterocycles. The summed E-state index contributed by atoms with van der Waals surface area (Å²) in [4.78, 5) is 3.87. The molecule has 0 aliphatic rings. The van der Waals surface area contributed by atoms with Gasteiger partial charge in [-0.15, -0.1) is 5.10 Å². The van der Waals surface area contributed by atoms with E-state index in [2.05, 4.69) is 20.5 Å². The number of hydrogen-bond acceptors (Lipinski definition) is 6. The quantitative estimate of drug-likeness (QED) is 0.621. The molecular weight excluding hydrogens is 278 g/mol. The molecule has 2 rings (SSSR count). The SMILES string of the molecule is Nc1nc(Nc2ccc(C[SH](=O)=O)c(Cl)c2)n[nH]1. The number of aromatic amines is 1. The first-order chi connectivity index (χ1) is 8.54. The Kier molecular flexibility index (Phi) is 3.68. The molecule has 0 bridgehead atoms. The normalized spacial score (nSPS) is 10.8. The summed E-state index contributed by atoms with van der Waals surface area (Å²) in [5.41, 5.74) is 6.57. The van der Waals surface area contributed by atoms with Crippen LogP contribution in [0.2, 0.25) is 5.02 Å². The molecule has 0 saturated carbocycles. The van der Waals surface area contributed by atoms with Crippen molar-refractivity contribution in [2.45, 2.75) is 5.75 Å². The topological polar surface area (TPSA) is 114 Å². The molecule has 9 heteroatoms. The van der Waals surface area contributed by atoms with E-state index in [1.165, 1.54) is 0 Å². The van der Waals surface area contributed by atoms with Crippen molar-refractivity contribution in [1.29, 1.82) is 0 Å². The van der Waals surface area contributed by atoms with Crippen molar-refractivity contribution in [1.82, 2.24) is 15.2 Å². The Morgan fingerprint density at radius 2 is 2.22 bits per heavy atom. The van der Waals surface area contributed by atoms with Crippen molar-refractivity contribution in [3.8, 4) is 0 Å². The summed E-state index contributed by atoms with van der Waals surface area (Å²) >= 11 is 5.96. The van der Waals surface area contributed by atoms with Crippen LogP contribution >= 0.6 is 11.6 Å². The molecule has 1 aromatic heterocycles. The van der Waals surface area contributed by atoms with Crippen LogP contribution in [0.25, 0.3) is 0 Å². The zero-order valence-electron chi connectivity index (χ0n) is 9.05. The van der Waals surface area contributed by atoms with Gasteiger partial charge >= 0.3 is 0 Å². The van der Waals surface area contributed by atoms with Gasteiger partial charge in [0.15, 0.2) is 0 Å². The minimum absolute atomic E-state index is 0.0813. The highest BCUT2D eigenvalue weighted by Gasteiger charge is 2.05. The van der Waals surface area contributed by atoms with Gasteiger partial charge < -0.3 is 11.1 Å². The van der Waals surface area contributed by atoms with Crippen molar-refractivity contribution in [3.63, 3.8) is 0 Å². The van der Waals surface area contributed by atoms with Crippen molar-refractivity contribution in [2.24, 2.45) is 0 Å². The summed E-state index contributed by atoms with van der Waals surface area (Å²) in [6, 6.07) is 4.92. The average molecular weight is 288 g/mol. The summed E-state index contributed by atoms with van der Waals surface area (Å²) in [5.74, 6) is 0.428. The second kappa shape index (κ2) is 5.23. The first-order valence-corrected chi connectivity index (χ1v) is 6.64. The van der Waals surface area contributed by atoms with Crippen LogP contribution in [0.15, 0.2) is 18.2 Å². The molecule has 0 spiro atoms. The summed E-state index contributed by atoms with van der Waals surface area (Å²) in [5, 5.41) is 9.52. The molecule has 1 aromatic carbocycles. The molecule has 4 N–H and O–H groups in total. The smallest absolute Gasteiger partial charge is 0.248 e. The van der Waals surface area contributed by atoms with Crippen LogP contribution in [-0.2, 0) is 16.5 Å². The van der Waals surface area contributed by atoms with E-state index >= 15 is 0 Å². The zero-order chi connectivity index (χ0) is 13.1. The predicted molar refractivity (Wildman–Crippen MR) is 69.5 cm³/mol. The number of hydrogen-bond donors (Lipinski definition) is 4. The maximum Gasteiger partial charge on any atom is 0.248 e. The van der Waals surface area contributed by atoms with Gasteiger partial charge in [0.05, 0.1) is 5.75 Å². The van der Waals surface area contributed by atoms with Crippen molar-refractivity contribution >= 4 is 39.9 Å². The summed E-state index contributed by atoms with van der Waals surface area (Å²) in [7, 11) is -2.50. The molecule has 0 fully saturated rings. The van der Waals surface area contributed by atoms with E-state index in [4.69, 9.17) is 17.3 Å². The lowest BCUT2D eigenvalue weighted by Crippen LogP contribution is -1.95. The van der Waals surface area contributed by atoms with E-state index < -0.39 is 10.7 Å². The number of H-pyrrole nitrogens is 1. The van der Waals surface area contributed by atoms with Crippen molar-refractivity contribution < 1.29 is 8.42 Å². The molecule has 7 nitrogen and oxygen atoms in total. The highest BCUT2D eigenvalue weighted by molar-refractivity contribution is 7.71. The third kappa shape index (κ3) is 3.11. The molecule has 0 radical (unpaired) electrons. The molecule has 96 valence electrons. The minimum atomic E-state index is -2.50. The van der Waals surface area contributed by atoms with Gasteiger partial charge in [0.2, 0.25) is 11.9 Å². The molecule has 0 saturated heterocycles. The fourth-order valence-corrected chi connectivity index (χ4v) is 2.25. The monoisotopic (exact) mass is 287 g/mol. The van der Waals surface area contributed by atoms with E-state index in [9.17, 15) is 8.42 Å². The first kappa shape index (κ1) is 12.7. The summed E-state index contributed by atoms with van der Waals surface area (Å²) < 4.78 is 21.2. The molecule has 2 aromatic rings. The van der Waals surface area contributed by atoms with Gasteiger partial charge in [0.1, 0.15) is 10.7 Å². The van der Waals surface area contributed by atoms with Crippen LogP contribution in [0.1, 0.15) is 5.56 Å². The molecule has 0 aliphatic heterocycles. The number of benzene rings is 1. The zero-order valence-corrected chi connectivity index (χ0v) is 10.7. The number of halogens is 1. The lowest BCUT2D eigenvalue weighted by molar-refractivity contribution is 0.614. The number of nitrogens with one attached hydrogen (secondary N) is 2. The van der Waals surface area contributed by atoms with Crippen molar-refractivity contribution in [2.75, 3.05) is 11.1 Å². The second-order valence-corrected chi connectivity index (χ2v) is 4.86. The Morgan fingerprint density at radius 3 is 2.78 bits per heavy atom. The Morgan fingerprint density at radius 1 is 1.44 bits per heavy atom. The van der Waals surface area contributed by atoms with E-state index in [1.807, 2.05) is 0 Å². The number of anilines is 3. The summed E-state index contributed by atoms with van der Waals surface area (Å²) in [6.07, 6.45) is 0. The van der Waals surface area contributed by atoms with Crippen LogP contribution in [0, 0.1) is 0 Å². The maximum absolute atomic E-state index is 10.6. The fourth-order valence-electron chi connectivity index (χ4n) is 1.35. The van der Waals surface area contributed by atoms with Crippen molar-refractivity contribution in [3.05, 3.63) is 28.8 Å². The van der Waals surface area contributed by atoms with Crippen LogP contribution in [-0.4, -0.2) is 23.6 Å². The van der Waals surface area contributed by atoms with Gasteiger partial charge in [-0.2, -0.15) is 4.98 Å². The summed E-state index contributed by atoms with van der Waals surface area (Å²) in [6.45, 7) is 0. The molecule has 0 amide bonds. The van der Waals surface area contributed by atoms with Gasteiger partial charge in [0, 0.05) is 10.7 Å². The van der Waals surface area contributed by atoms with Crippen LogP contribution in [0.5, 0.6) is 0 Å². The number of nitrogen functional groups attached to an aromatic ring is 1. The number of nitrogens with two attached hydrogens (primary N) is 1. The highest BCUT2D eigenvalue weighted by Crippen LogP contribution is 2.23. The largest absolute Gasteiger partial charge is 0.368 e. The van der Waals surface area contributed by atoms with Crippen LogP contribution < -0.4 is 11.1 Å². The maximum atomic E-state index is 10.6. The fraction of sp³-hybridized carbons (Fsp3) is 0.111. The molecule has 0 aliphatic carbocycles. The van der Waals surface area contributed by atoms with E-state index in [-0.39, 0.29) is 11.7 Å². The average Bonchev–Trinajstić information content (AvgIpc) is 2.68. The molecule has 18 heavy (non-hydrogen) atoms. The number of aromatic nitrogens is 3. The Hall–Kier alpha value is -1.80. The van der Waals surface area contributed by atoms with E-state index in [0.29, 0.717) is 22.2 Å². The lowest BCUT2D eigenvalue weighted by atomic mass is 10.2. The number of nitrogens with zero attached hydrogens (tertiary/aromatic N) is 2. The number of thiol groups is 1. The van der Waals surface area contributed by atoms with Crippen LogP contribution in [0.3, 0.4) is 0 Å². The second-order valence-electron chi connectivity index (χ2n) is 3.47. The highest BCUT2D eigenvalue weighted by atomic mass is 35.5. The first-order valence-electron chi connectivity index (χ1n) is 4.90. The Bertz CT molecular complexity index is 632. The standard InChI is InChI=1S/C9H10ClN5O2S/c10-7-3-6(2-1-5(7)4-18(16)17)12-9-13-8(11)14-15-9/h1-3,18H,4H2,(H4,11,12,13,14,15). The van der Waals surface area contributed by atoms with E-state index in [1.54, 1.807) is 18.2 Å². The minimum Gasteiger partial charge on any atom is -0.368 e. The Balaban J connectivity index is 2.18. The predicted octanol–water partition coefficient (Wildman–Crippen LogP) is 0.895. The third-order valence-electron chi connectivity index (χ3n) is 2.11. The molecular formula is C9H10ClN5O2S. The van der Waals surface area contributed by atoms with Crippen LogP contribution in [0.4, 0.5) is 17.6 Å². The van der Waals surface area contributed by atoms with Gasteiger partial charge in [-0.1, -0.05) is 17.7 Å². The molecule has 0 atom stereocenters. The van der Waals surface area contributed by atoms with Gasteiger partial charge in [-0.05, 0) is 17.7 Å². The van der Waals surface area contributed by atoms with Gasteiger partial charge in [-0.3, -0.25) is 0 Å². The molecule has 0 unspecified atom stereocenters. The van der Waals surface area contributed by atoms with Gasteiger partial charge in [0.25, 0.3) is 0 Å². The lowest BCUT2D eigenvalue weighted by Gasteiger charge is -2.05. The number of rotatable bonds is 4. The van der Waals surface area contributed by atoms with E-state index in [0.717, 1.165) is 0 Å². The Labute approximate surface area is 109 Å². The third-order valence-corrected chi connectivity index (χ3v) is 3.06. The van der Waals surface area contributed by atoms with Gasteiger partial charge in [-0.25, -0.2) is 13.5 Å².